The van der Waals surface area contributed by atoms with E-state index in [9.17, 15) is 0 Å². The third-order valence-electron chi connectivity index (χ3n) is 10.9. The summed E-state index contributed by atoms with van der Waals surface area (Å²) in [4.78, 5) is 0. The fraction of sp³-hybridized carbons (Fsp3) is 0.106. The average Bonchev–Trinajstić information content (AvgIpc) is 3.57. The Bertz CT molecular complexity index is 2080. The fourth-order valence-corrected chi connectivity index (χ4v) is 9.00. The summed E-state index contributed by atoms with van der Waals surface area (Å²) in [6, 6.07) is 60.0. The minimum absolute atomic E-state index is 0.454. The molecule has 0 saturated carbocycles. The molecule has 0 N–H and O–H groups in total. The van der Waals surface area contributed by atoms with Gasteiger partial charge in [0.05, 0.1) is 10.8 Å². The van der Waals surface area contributed by atoms with Crippen LogP contribution >= 0.6 is 15.9 Å². The highest BCUT2D eigenvalue weighted by molar-refractivity contribution is 9.10. The Morgan fingerprint density at radius 1 is 0.333 bits per heavy atom. The standard InChI is InChI=1S/C47H35Br/c1-30-12-18-33(19-13-30)46(34-20-14-31(2)15-21-34)42-10-6-4-8-38(42)40-29-45-41(28-44(40)46)39-9-5-7-11-43(39)47(45,35-22-16-32(3)17-23-35)36-24-26-37(48)27-25-36/h4-29H,1-3H3. The molecule has 2 aliphatic carbocycles. The average molecular weight is 680 g/mol. The number of hydrogen-bond acceptors (Lipinski definition) is 0. The molecular weight excluding hydrogens is 644 g/mol. The molecule has 0 radical (unpaired) electrons. The van der Waals surface area contributed by atoms with Crippen LogP contribution in [0.1, 0.15) is 61.2 Å². The van der Waals surface area contributed by atoms with Gasteiger partial charge in [-0.15, -0.1) is 0 Å². The Morgan fingerprint density at radius 2 is 0.646 bits per heavy atom. The Balaban J connectivity index is 1.44. The summed E-state index contributed by atoms with van der Waals surface area (Å²) in [5.41, 5.74) is 18.6. The Kier molecular flexibility index (Phi) is 6.55. The van der Waals surface area contributed by atoms with Crippen molar-refractivity contribution in [3.8, 4) is 22.3 Å². The van der Waals surface area contributed by atoms with Crippen LogP contribution in [0.25, 0.3) is 22.3 Å². The van der Waals surface area contributed by atoms with Crippen LogP contribution in [0.2, 0.25) is 0 Å². The third kappa shape index (κ3) is 3.95. The Hall–Kier alpha value is -4.98. The number of benzene rings is 7. The van der Waals surface area contributed by atoms with Gasteiger partial charge in [-0.1, -0.05) is 166 Å². The lowest BCUT2D eigenvalue weighted by molar-refractivity contribution is 0.758. The number of aryl methyl sites for hydroxylation is 3. The van der Waals surface area contributed by atoms with Crippen molar-refractivity contribution in [2.45, 2.75) is 31.6 Å². The van der Waals surface area contributed by atoms with E-state index < -0.39 is 10.8 Å². The molecular formula is C47H35Br. The number of halogens is 1. The van der Waals surface area contributed by atoms with Gasteiger partial charge in [0, 0.05) is 4.47 Å². The van der Waals surface area contributed by atoms with E-state index in [2.05, 4.69) is 194 Å². The fourth-order valence-electron chi connectivity index (χ4n) is 8.73. The van der Waals surface area contributed by atoms with Crippen molar-refractivity contribution >= 4 is 15.9 Å². The predicted octanol–water partition coefficient (Wildman–Crippen LogP) is 12.1. The van der Waals surface area contributed by atoms with Crippen molar-refractivity contribution in [2.24, 2.45) is 0 Å². The van der Waals surface area contributed by atoms with Gasteiger partial charge >= 0.3 is 0 Å². The molecule has 0 amide bonds. The monoisotopic (exact) mass is 678 g/mol. The first-order valence-electron chi connectivity index (χ1n) is 16.8. The highest BCUT2D eigenvalue weighted by atomic mass is 79.9. The van der Waals surface area contributed by atoms with E-state index in [-0.39, 0.29) is 0 Å². The van der Waals surface area contributed by atoms with Crippen molar-refractivity contribution in [1.29, 1.82) is 0 Å². The second-order valence-electron chi connectivity index (χ2n) is 13.6. The third-order valence-corrected chi connectivity index (χ3v) is 11.5. The second-order valence-corrected chi connectivity index (χ2v) is 14.6. The largest absolute Gasteiger partial charge is 0.0713 e. The van der Waals surface area contributed by atoms with Crippen LogP contribution in [0.5, 0.6) is 0 Å². The number of fused-ring (bicyclic) bond motifs is 6. The lowest BCUT2D eigenvalue weighted by atomic mass is 9.66. The highest BCUT2D eigenvalue weighted by Crippen LogP contribution is 2.62. The Labute approximate surface area is 291 Å². The molecule has 230 valence electrons. The normalized spacial score (nSPS) is 16.6. The predicted molar refractivity (Wildman–Crippen MR) is 203 cm³/mol. The van der Waals surface area contributed by atoms with E-state index in [4.69, 9.17) is 0 Å². The lowest BCUT2D eigenvalue weighted by Crippen LogP contribution is -2.30. The summed E-state index contributed by atoms with van der Waals surface area (Å²) in [6.45, 7) is 6.52. The van der Waals surface area contributed by atoms with Crippen LogP contribution < -0.4 is 0 Å². The van der Waals surface area contributed by atoms with Gasteiger partial charge in [-0.2, -0.15) is 0 Å². The molecule has 0 fully saturated rings. The number of rotatable bonds is 4. The minimum Gasteiger partial charge on any atom is -0.0619 e. The lowest BCUT2D eigenvalue weighted by Gasteiger charge is -2.35. The first-order valence-corrected chi connectivity index (χ1v) is 17.6. The van der Waals surface area contributed by atoms with E-state index in [1.807, 2.05) is 0 Å². The van der Waals surface area contributed by atoms with Crippen molar-refractivity contribution in [1.82, 2.24) is 0 Å². The molecule has 2 aliphatic rings. The molecule has 0 bridgehead atoms. The summed E-state index contributed by atoms with van der Waals surface area (Å²) in [7, 11) is 0. The van der Waals surface area contributed by atoms with Crippen molar-refractivity contribution in [3.63, 3.8) is 0 Å². The van der Waals surface area contributed by atoms with Crippen LogP contribution in [0.15, 0.2) is 162 Å². The number of hydrogen-bond donors (Lipinski definition) is 0. The zero-order chi connectivity index (χ0) is 32.6. The zero-order valence-corrected chi connectivity index (χ0v) is 29.0. The van der Waals surface area contributed by atoms with Crippen LogP contribution in [-0.2, 0) is 10.8 Å². The summed E-state index contributed by atoms with van der Waals surface area (Å²) in [5, 5.41) is 0. The molecule has 7 aromatic carbocycles. The minimum atomic E-state index is -0.469. The van der Waals surface area contributed by atoms with Crippen LogP contribution in [0, 0.1) is 20.8 Å². The maximum Gasteiger partial charge on any atom is 0.0713 e. The quantitative estimate of drug-likeness (QED) is 0.174. The van der Waals surface area contributed by atoms with Gasteiger partial charge in [-0.3, -0.25) is 0 Å². The molecule has 7 aromatic rings. The summed E-state index contributed by atoms with van der Waals surface area (Å²) >= 11 is 3.73. The van der Waals surface area contributed by atoms with Crippen molar-refractivity contribution in [3.05, 3.63) is 223 Å². The first kappa shape index (κ1) is 29.2. The summed E-state index contributed by atoms with van der Waals surface area (Å²) in [6.07, 6.45) is 0. The summed E-state index contributed by atoms with van der Waals surface area (Å²) < 4.78 is 1.08. The molecule has 0 spiro atoms. The van der Waals surface area contributed by atoms with E-state index in [0.29, 0.717) is 0 Å². The molecule has 0 nitrogen and oxygen atoms in total. The molecule has 48 heavy (non-hydrogen) atoms. The highest BCUT2D eigenvalue weighted by Gasteiger charge is 2.51. The van der Waals surface area contributed by atoms with Crippen molar-refractivity contribution in [2.75, 3.05) is 0 Å². The summed E-state index contributed by atoms with van der Waals surface area (Å²) in [5.74, 6) is 0. The van der Waals surface area contributed by atoms with Crippen LogP contribution in [-0.4, -0.2) is 0 Å². The van der Waals surface area contributed by atoms with Gasteiger partial charge in [0.15, 0.2) is 0 Å². The first-order chi connectivity index (χ1) is 23.4. The molecule has 0 saturated heterocycles. The molecule has 9 rings (SSSR count). The second kappa shape index (κ2) is 10.8. The molecule has 0 aromatic heterocycles. The molecule has 1 heteroatoms. The smallest absolute Gasteiger partial charge is 0.0619 e. The molecule has 1 unspecified atom stereocenters. The molecule has 0 heterocycles. The van der Waals surface area contributed by atoms with Gasteiger partial charge < -0.3 is 0 Å². The van der Waals surface area contributed by atoms with Gasteiger partial charge in [0.25, 0.3) is 0 Å². The van der Waals surface area contributed by atoms with Gasteiger partial charge in [-0.05, 0) is 112 Å². The topological polar surface area (TPSA) is 0 Å². The maximum absolute atomic E-state index is 3.73. The van der Waals surface area contributed by atoms with E-state index in [1.54, 1.807) is 0 Å². The SMILES string of the molecule is Cc1ccc(C2(c3ccc(C)cc3)c3ccccc3-c3cc4c(cc32)-c2ccccc2C4(c2ccc(C)cc2)c2ccc(Br)cc2)cc1. The van der Waals surface area contributed by atoms with Gasteiger partial charge in [0.2, 0.25) is 0 Å². The maximum atomic E-state index is 3.73. The van der Waals surface area contributed by atoms with E-state index >= 15 is 0 Å². The Morgan fingerprint density at radius 3 is 1.00 bits per heavy atom. The van der Waals surface area contributed by atoms with Crippen LogP contribution in [0.4, 0.5) is 0 Å². The van der Waals surface area contributed by atoms with Crippen LogP contribution in [0.3, 0.4) is 0 Å². The zero-order valence-electron chi connectivity index (χ0n) is 27.4. The van der Waals surface area contributed by atoms with Crippen molar-refractivity contribution < 1.29 is 0 Å². The van der Waals surface area contributed by atoms with Gasteiger partial charge in [-0.25, -0.2) is 0 Å². The van der Waals surface area contributed by atoms with Gasteiger partial charge in [0.1, 0.15) is 0 Å². The van der Waals surface area contributed by atoms with E-state index in [0.717, 1.165) is 4.47 Å². The molecule has 1 atom stereocenters. The molecule has 0 aliphatic heterocycles. The van der Waals surface area contributed by atoms with E-state index in [1.165, 1.54) is 83.5 Å².